The first-order chi connectivity index (χ1) is 8.89. The minimum atomic E-state index is -0.445. The summed E-state index contributed by atoms with van der Waals surface area (Å²) in [6.07, 6.45) is 1.60. The van der Waals surface area contributed by atoms with Gasteiger partial charge in [-0.05, 0) is 57.4 Å². The summed E-state index contributed by atoms with van der Waals surface area (Å²) in [6, 6.07) is 5.59. The molecule has 19 heavy (non-hydrogen) atoms. The quantitative estimate of drug-likeness (QED) is 0.833. The Labute approximate surface area is 114 Å². The maximum Gasteiger partial charge on any atom is 0.329 e. The topological polar surface area (TPSA) is 47.6 Å². The first-order valence-corrected chi connectivity index (χ1v) is 6.55. The number of fused-ring (bicyclic) bond motifs is 1. The lowest BCUT2D eigenvalue weighted by molar-refractivity contribution is -0.156. The molecular formula is C15H21NO3. The number of methoxy groups -OCH3 is 1. The Kier molecular flexibility index (Phi) is 3.69. The highest BCUT2D eigenvalue weighted by Crippen LogP contribution is 2.29. The van der Waals surface area contributed by atoms with Crippen LogP contribution in [0.4, 0.5) is 5.69 Å². The summed E-state index contributed by atoms with van der Waals surface area (Å²) in [6.45, 7) is 5.64. The van der Waals surface area contributed by atoms with E-state index in [0.717, 1.165) is 24.3 Å². The molecule has 1 unspecified atom stereocenters. The van der Waals surface area contributed by atoms with E-state index < -0.39 is 5.60 Å². The van der Waals surface area contributed by atoms with Gasteiger partial charge in [-0.2, -0.15) is 0 Å². The van der Waals surface area contributed by atoms with Crippen molar-refractivity contribution in [3.63, 3.8) is 0 Å². The van der Waals surface area contributed by atoms with Gasteiger partial charge in [0.25, 0.3) is 0 Å². The highest BCUT2D eigenvalue weighted by molar-refractivity contribution is 5.81. The molecule has 0 saturated carbocycles. The zero-order valence-corrected chi connectivity index (χ0v) is 11.9. The van der Waals surface area contributed by atoms with Crippen molar-refractivity contribution in [3.05, 3.63) is 23.8 Å². The molecule has 0 bridgehead atoms. The van der Waals surface area contributed by atoms with Gasteiger partial charge in [-0.15, -0.1) is 0 Å². The predicted molar refractivity (Wildman–Crippen MR) is 74.6 cm³/mol. The van der Waals surface area contributed by atoms with Gasteiger partial charge in [0.05, 0.1) is 7.11 Å². The van der Waals surface area contributed by atoms with E-state index in [4.69, 9.17) is 9.47 Å². The fourth-order valence-electron chi connectivity index (χ4n) is 2.15. The molecule has 1 aliphatic heterocycles. The van der Waals surface area contributed by atoms with Crippen molar-refractivity contribution in [2.45, 2.75) is 45.3 Å². The van der Waals surface area contributed by atoms with Crippen LogP contribution >= 0.6 is 0 Å². The van der Waals surface area contributed by atoms with Crippen molar-refractivity contribution in [1.82, 2.24) is 0 Å². The van der Waals surface area contributed by atoms with E-state index in [2.05, 4.69) is 5.32 Å². The molecule has 0 radical (unpaired) electrons. The summed E-state index contributed by atoms with van der Waals surface area (Å²) >= 11 is 0. The van der Waals surface area contributed by atoms with Gasteiger partial charge in [-0.25, -0.2) is 4.79 Å². The maximum absolute atomic E-state index is 12.0. The number of carbonyl (C=O) groups is 1. The van der Waals surface area contributed by atoms with Crippen LogP contribution in [0.3, 0.4) is 0 Å². The van der Waals surface area contributed by atoms with Crippen LogP contribution in [-0.2, 0) is 16.0 Å². The number of aryl methyl sites for hydroxylation is 1. The molecule has 2 rings (SSSR count). The number of rotatable bonds is 2. The number of carbonyl (C=O) groups excluding carboxylic acids is 1. The Balaban J connectivity index is 2.08. The van der Waals surface area contributed by atoms with Gasteiger partial charge in [-0.3, -0.25) is 0 Å². The standard InChI is InChI=1S/C15H21NO3/c1-15(2,3)19-14(17)13-7-5-10-9-11(18-4)6-8-12(10)16-13/h6,8-9,13,16H,5,7H2,1-4H3. The number of ether oxygens (including phenoxy) is 2. The lowest BCUT2D eigenvalue weighted by Crippen LogP contribution is -2.38. The number of hydrogen-bond acceptors (Lipinski definition) is 4. The van der Waals surface area contributed by atoms with Crippen molar-refractivity contribution in [3.8, 4) is 5.75 Å². The molecule has 0 spiro atoms. The zero-order chi connectivity index (χ0) is 14.0. The number of nitrogens with one attached hydrogen (secondary N) is 1. The van der Waals surface area contributed by atoms with Crippen LogP contribution in [0, 0.1) is 0 Å². The lowest BCUT2D eigenvalue weighted by Gasteiger charge is -2.29. The van der Waals surface area contributed by atoms with E-state index in [-0.39, 0.29) is 12.0 Å². The molecule has 1 aromatic rings. The van der Waals surface area contributed by atoms with Crippen molar-refractivity contribution < 1.29 is 14.3 Å². The molecule has 1 atom stereocenters. The molecule has 0 amide bonds. The van der Waals surface area contributed by atoms with Crippen LogP contribution in [0.25, 0.3) is 0 Å². The van der Waals surface area contributed by atoms with E-state index >= 15 is 0 Å². The molecular weight excluding hydrogens is 242 g/mol. The molecule has 0 saturated heterocycles. The average molecular weight is 263 g/mol. The molecule has 4 heteroatoms. The molecule has 1 aromatic carbocycles. The minimum absolute atomic E-state index is 0.186. The Morgan fingerprint density at radius 1 is 1.37 bits per heavy atom. The second kappa shape index (κ2) is 5.11. The number of anilines is 1. The third kappa shape index (κ3) is 3.40. The molecule has 1 N–H and O–H groups in total. The van der Waals surface area contributed by atoms with Gasteiger partial charge < -0.3 is 14.8 Å². The van der Waals surface area contributed by atoms with Gasteiger partial charge in [0.15, 0.2) is 0 Å². The van der Waals surface area contributed by atoms with E-state index in [1.165, 1.54) is 5.56 Å². The van der Waals surface area contributed by atoms with Crippen LogP contribution in [0.2, 0.25) is 0 Å². The fourth-order valence-corrected chi connectivity index (χ4v) is 2.15. The minimum Gasteiger partial charge on any atom is -0.497 e. The van der Waals surface area contributed by atoms with Crippen molar-refractivity contribution in [1.29, 1.82) is 0 Å². The summed E-state index contributed by atoms with van der Waals surface area (Å²) in [7, 11) is 1.65. The van der Waals surface area contributed by atoms with Crippen molar-refractivity contribution >= 4 is 11.7 Å². The van der Waals surface area contributed by atoms with Gasteiger partial charge in [0, 0.05) is 5.69 Å². The predicted octanol–water partition coefficient (Wildman–Crippen LogP) is 2.76. The van der Waals surface area contributed by atoms with E-state index in [1.807, 2.05) is 39.0 Å². The van der Waals surface area contributed by atoms with Crippen LogP contribution < -0.4 is 10.1 Å². The third-order valence-electron chi connectivity index (χ3n) is 3.04. The largest absolute Gasteiger partial charge is 0.497 e. The first-order valence-electron chi connectivity index (χ1n) is 6.55. The summed E-state index contributed by atoms with van der Waals surface area (Å²) in [5.74, 6) is 0.658. The molecule has 104 valence electrons. The molecule has 0 fully saturated rings. The SMILES string of the molecule is COc1ccc2c(c1)CCC(C(=O)OC(C)(C)C)N2. The fraction of sp³-hybridized carbons (Fsp3) is 0.533. The van der Waals surface area contributed by atoms with Crippen molar-refractivity contribution in [2.24, 2.45) is 0 Å². The Bertz CT molecular complexity index is 477. The van der Waals surface area contributed by atoms with Crippen LogP contribution in [0.15, 0.2) is 18.2 Å². The van der Waals surface area contributed by atoms with E-state index in [9.17, 15) is 4.79 Å². The first kappa shape index (κ1) is 13.7. The number of benzene rings is 1. The molecule has 0 aliphatic carbocycles. The van der Waals surface area contributed by atoms with Gasteiger partial charge in [-0.1, -0.05) is 0 Å². The summed E-state index contributed by atoms with van der Waals surface area (Å²) in [4.78, 5) is 12.0. The summed E-state index contributed by atoms with van der Waals surface area (Å²) < 4.78 is 10.6. The number of esters is 1. The second-order valence-electron chi connectivity index (χ2n) is 5.79. The highest BCUT2D eigenvalue weighted by Gasteiger charge is 2.28. The second-order valence-corrected chi connectivity index (χ2v) is 5.79. The highest BCUT2D eigenvalue weighted by atomic mass is 16.6. The molecule has 1 heterocycles. The molecule has 0 aromatic heterocycles. The Morgan fingerprint density at radius 2 is 2.11 bits per heavy atom. The van der Waals surface area contributed by atoms with Gasteiger partial charge in [0.2, 0.25) is 0 Å². The van der Waals surface area contributed by atoms with Crippen LogP contribution in [0.1, 0.15) is 32.8 Å². The summed E-state index contributed by atoms with van der Waals surface area (Å²) in [5, 5.41) is 3.24. The van der Waals surface area contributed by atoms with Crippen LogP contribution in [0.5, 0.6) is 5.75 Å². The number of hydrogen-bond donors (Lipinski definition) is 1. The van der Waals surface area contributed by atoms with Crippen molar-refractivity contribution in [2.75, 3.05) is 12.4 Å². The Morgan fingerprint density at radius 3 is 2.74 bits per heavy atom. The summed E-state index contributed by atoms with van der Waals surface area (Å²) in [5.41, 5.74) is 1.72. The average Bonchev–Trinajstić information content (AvgIpc) is 2.35. The zero-order valence-electron chi connectivity index (χ0n) is 11.9. The monoisotopic (exact) mass is 263 g/mol. The van der Waals surface area contributed by atoms with E-state index in [0.29, 0.717) is 0 Å². The molecule has 4 nitrogen and oxygen atoms in total. The third-order valence-corrected chi connectivity index (χ3v) is 3.04. The van der Waals surface area contributed by atoms with E-state index in [1.54, 1.807) is 7.11 Å². The molecule has 1 aliphatic rings. The normalized spacial score (nSPS) is 18.2. The van der Waals surface area contributed by atoms with Gasteiger partial charge >= 0.3 is 5.97 Å². The smallest absolute Gasteiger partial charge is 0.329 e. The Hall–Kier alpha value is -1.71. The lowest BCUT2D eigenvalue weighted by atomic mass is 9.97. The van der Waals surface area contributed by atoms with Crippen LogP contribution in [-0.4, -0.2) is 24.7 Å². The maximum atomic E-state index is 12.0. The van der Waals surface area contributed by atoms with Gasteiger partial charge in [0.1, 0.15) is 17.4 Å².